The Kier molecular flexibility index (Phi) is 7.95. The summed E-state index contributed by atoms with van der Waals surface area (Å²) in [4.78, 5) is 23.8. The van der Waals surface area contributed by atoms with Gasteiger partial charge in [-0.2, -0.15) is 4.98 Å². The molecule has 0 bridgehead atoms. The maximum Gasteiger partial charge on any atom is 0.253 e. The smallest absolute Gasteiger partial charge is 0.253 e. The van der Waals surface area contributed by atoms with E-state index in [2.05, 4.69) is 63.4 Å². The van der Waals surface area contributed by atoms with Gasteiger partial charge < -0.3 is 10.1 Å². The van der Waals surface area contributed by atoms with E-state index in [1.165, 1.54) is 22.9 Å². The van der Waals surface area contributed by atoms with E-state index in [0.717, 1.165) is 62.6 Å². The van der Waals surface area contributed by atoms with Crippen LogP contribution in [0.4, 0.5) is 0 Å². The van der Waals surface area contributed by atoms with E-state index in [9.17, 15) is 4.79 Å². The molecule has 1 aromatic carbocycles. The van der Waals surface area contributed by atoms with Crippen molar-refractivity contribution in [3.8, 4) is 0 Å². The van der Waals surface area contributed by atoms with Crippen LogP contribution in [-0.2, 0) is 16.0 Å². The number of aromatic nitrogens is 4. The van der Waals surface area contributed by atoms with Gasteiger partial charge in [-0.3, -0.25) is 9.69 Å². The molecule has 33 heavy (non-hydrogen) atoms. The molecular weight excluding hydrogens is 436 g/mol. The highest BCUT2D eigenvalue weighted by atomic mass is 32.2. The molecule has 0 unspecified atom stereocenters. The summed E-state index contributed by atoms with van der Waals surface area (Å²) in [5.41, 5.74) is 5.71. The summed E-state index contributed by atoms with van der Waals surface area (Å²) in [7, 11) is 0. The fourth-order valence-electron chi connectivity index (χ4n) is 4.04. The van der Waals surface area contributed by atoms with Gasteiger partial charge in [-0.1, -0.05) is 36.0 Å². The molecule has 8 nitrogen and oxygen atoms in total. The zero-order chi connectivity index (χ0) is 23.2. The summed E-state index contributed by atoms with van der Waals surface area (Å²) in [5, 5.41) is 8.18. The standard InChI is InChI=1S/C24H32N6O2S/c1-17-7-4-5-8-20(17)15-21-18(2)26-23-27-24(28-30(23)19(21)3)33-16-22(31)25-9-6-10-29-11-13-32-14-12-29/h4-5,7-8H,6,9-16H2,1-3H3,(H,25,31). The number of carbonyl (C=O) groups excluding carboxylic acids is 1. The van der Waals surface area contributed by atoms with Crippen molar-refractivity contribution in [3.63, 3.8) is 0 Å². The van der Waals surface area contributed by atoms with Crippen molar-refractivity contribution in [2.45, 2.75) is 38.8 Å². The molecule has 0 radical (unpaired) electrons. The van der Waals surface area contributed by atoms with Crippen molar-refractivity contribution in [2.75, 3.05) is 45.1 Å². The van der Waals surface area contributed by atoms with Gasteiger partial charge in [0.05, 0.1) is 19.0 Å². The molecule has 4 rings (SSSR count). The van der Waals surface area contributed by atoms with E-state index in [0.29, 0.717) is 23.2 Å². The number of benzene rings is 1. The molecule has 1 aliphatic heterocycles. The van der Waals surface area contributed by atoms with Crippen LogP contribution in [0, 0.1) is 20.8 Å². The Morgan fingerprint density at radius 3 is 2.73 bits per heavy atom. The second-order valence-electron chi connectivity index (χ2n) is 8.42. The van der Waals surface area contributed by atoms with Gasteiger partial charge in [0.25, 0.3) is 5.78 Å². The molecule has 9 heteroatoms. The number of rotatable bonds is 9. The Morgan fingerprint density at radius 2 is 1.94 bits per heavy atom. The summed E-state index contributed by atoms with van der Waals surface area (Å²) < 4.78 is 7.15. The van der Waals surface area contributed by atoms with Crippen LogP contribution in [0.15, 0.2) is 29.4 Å². The van der Waals surface area contributed by atoms with Crippen molar-refractivity contribution in [1.82, 2.24) is 29.8 Å². The average molecular weight is 469 g/mol. The molecule has 0 atom stereocenters. The number of nitrogens with zero attached hydrogens (tertiary/aromatic N) is 5. The molecule has 0 saturated carbocycles. The quantitative estimate of drug-likeness (QED) is 0.382. The molecule has 1 saturated heterocycles. The number of thioether (sulfide) groups is 1. The normalized spacial score (nSPS) is 14.6. The summed E-state index contributed by atoms with van der Waals surface area (Å²) >= 11 is 1.35. The Balaban J connectivity index is 1.32. The van der Waals surface area contributed by atoms with Gasteiger partial charge in [-0.25, -0.2) is 9.50 Å². The predicted molar refractivity (Wildman–Crippen MR) is 130 cm³/mol. The number of aryl methyl sites for hydroxylation is 3. The summed E-state index contributed by atoms with van der Waals surface area (Å²) in [6.07, 6.45) is 1.75. The lowest BCUT2D eigenvalue weighted by molar-refractivity contribution is -0.118. The van der Waals surface area contributed by atoms with Gasteiger partial charge in [-0.05, 0) is 50.4 Å². The third kappa shape index (κ3) is 6.10. The molecule has 3 heterocycles. The number of ether oxygens (including phenoxy) is 1. The lowest BCUT2D eigenvalue weighted by Gasteiger charge is -2.26. The molecule has 0 aliphatic carbocycles. The van der Waals surface area contributed by atoms with E-state index in [1.807, 2.05) is 6.92 Å². The van der Waals surface area contributed by atoms with Crippen LogP contribution >= 0.6 is 11.8 Å². The Morgan fingerprint density at radius 1 is 1.15 bits per heavy atom. The van der Waals surface area contributed by atoms with Gasteiger partial charge in [0.1, 0.15) is 0 Å². The van der Waals surface area contributed by atoms with Gasteiger partial charge in [0.15, 0.2) is 0 Å². The van der Waals surface area contributed by atoms with Crippen molar-refractivity contribution in [1.29, 1.82) is 0 Å². The summed E-state index contributed by atoms with van der Waals surface area (Å²) in [6, 6.07) is 8.41. The number of fused-ring (bicyclic) bond motifs is 1. The van der Waals surface area contributed by atoms with Gasteiger partial charge >= 0.3 is 0 Å². The van der Waals surface area contributed by atoms with Crippen molar-refractivity contribution in [3.05, 3.63) is 52.3 Å². The fraction of sp³-hybridized carbons (Fsp3) is 0.500. The highest BCUT2D eigenvalue weighted by molar-refractivity contribution is 7.99. The van der Waals surface area contributed by atoms with Gasteiger partial charge in [-0.15, -0.1) is 5.10 Å². The first kappa shape index (κ1) is 23.7. The first-order valence-electron chi connectivity index (χ1n) is 11.5. The Bertz CT molecular complexity index is 1110. The van der Waals surface area contributed by atoms with Crippen LogP contribution < -0.4 is 5.32 Å². The second kappa shape index (κ2) is 11.1. The summed E-state index contributed by atoms with van der Waals surface area (Å²) in [5.74, 6) is 0.872. The lowest BCUT2D eigenvalue weighted by atomic mass is 9.99. The largest absolute Gasteiger partial charge is 0.379 e. The van der Waals surface area contributed by atoms with Gasteiger partial charge in [0.2, 0.25) is 11.1 Å². The van der Waals surface area contributed by atoms with Crippen molar-refractivity contribution in [2.24, 2.45) is 0 Å². The minimum atomic E-state index is 0.00179. The van der Waals surface area contributed by atoms with Crippen LogP contribution in [0.3, 0.4) is 0 Å². The molecule has 1 amide bonds. The average Bonchev–Trinajstić information content (AvgIpc) is 3.23. The summed E-state index contributed by atoms with van der Waals surface area (Å²) in [6.45, 7) is 11.4. The molecule has 0 spiro atoms. The van der Waals surface area contributed by atoms with Crippen LogP contribution in [0.1, 0.15) is 34.5 Å². The second-order valence-corrected chi connectivity index (χ2v) is 9.36. The highest BCUT2D eigenvalue weighted by Crippen LogP contribution is 2.21. The highest BCUT2D eigenvalue weighted by Gasteiger charge is 2.16. The van der Waals surface area contributed by atoms with E-state index in [-0.39, 0.29) is 5.91 Å². The maximum atomic E-state index is 12.2. The third-order valence-corrected chi connectivity index (χ3v) is 6.91. The zero-order valence-corrected chi connectivity index (χ0v) is 20.5. The fourth-order valence-corrected chi connectivity index (χ4v) is 4.69. The maximum absolute atomic E-state index is 12.2. The zero-order valence-electron chi connectivity index (χ0n) is 19.6. The number of amides is 1. The monoisotopic (exact) mass is 468 g/mol. The number of nitrogens with one attached hydrogen (secondary N) is 1. The molecule has 176 valence electrons. The van der Waals surface area contributed by atoms with Crippen LogP contribution in [0.2, 0.25) is 0 Å². The molecular formula is C24H32N6O2S. The van der Waals surface area contributed by atoms with Crippen LogP contribution in [0.25, 0.3) is 5.78 Å². The number of hydrogen-bond acceptors (Lipinski definition) is 7. The van der Waals surface area contributed by atoms with E-state index >= 15 is 0 Å². The number of hydrogen-bond donors (Lipinski definition) is 1. The minimum Gasteiger partial charge on any atom is -0.379 e. The molecule has 3 aromatic rings. The SMILES string of the molecule is Cc1ccccc1Cc1c(C)nc2nc(SCC(=O)NCCCN3CCOCC3)nn2c1C. The minimum absolute atomic E-state index is 0.00179. The number of morpholine rings is 1. The van der Waals surface area contributed by atoms with Crippen molar-refractivity contribution < 1.29 is 9.53 Å². The lowest BCUT2D eigenvalue weighted by Crippen LogP contribution is -2.38. The van der Waals surface area contributed by atoms with Gasteiger partial charge in [0, 0.05) is 37.4 Å². The first-order chi connectivity index (χ1) is 16.0. The first-order valence-corrected chi connectivity index (χ1v) is 12.5. The Hall–Kier alpha value is -2.49. The topological polar surface area (TPSA) is 84.7 Å². The molecule has 1 fully saturated rings. The molecule has 1 aliphatic rings. The van der Waals surface area contributed by atoms with Crippen LogP contribution in [0.5, 0.6) is 0 Å². The van der Waals surface area contributed by atoms with Crippen molar-refractivity contribution >= 4 is 23.4 Å². The molecule has 2 aromatic heterocycles. The molecule has 1 N–H and O–H groups in total. The van der Waals surface area contributed by atoms with E-state index < -0.39 is 0 Å². The van der Waals surface area contributed by atoms with E-state index in [1.54, 1.807) is 4.52 Å². The van der Waals surface area contributed by atoms with E-state index in [4.69, 9.17) is 4.74 Å². The predicted octanol–water partition coefficient (Wildman–Crippen LogP) is 2.57. The number of carbonyl (C=O) groups is 1. The van der Waals surface area contributed by atoms with Crippen LogP contribution in [-0.4, -0.2) is 75.5 Å². The third-order valence-electron chi connectivity index (χ3n) is 6.07. The Labute approximate surface area is 199 Å².